The second kappa shape index (κ2) is 5.49. The Bertz CT molecular complexity index is 500. The largest absolute Gasteiger partial charge is 0.0827 e. The first-order chi connectivity index (χ1) is 8.06. The average molecular weight is 305 g/mol. The van der Waals surface area contributed by atoms with Crippen LogP contribution >= 0.6 is 46.4 Å². The van der Waals surface area contributed by atoms with E-state index in [1.807, 2.05) is 18.6 Å². The fraction of sp³-hybridized carbons (Fsp3) is 0. The van der Waals surface area contributed by atoms with Gasteiger partial charge in [-0.05, 0) is 35.4 Å². The SMILES string of the molecule is Clc1ccc([CH]c2ccc(Cl)c(Cl)c2)cc1Cl. The first-order valence-electron chi connectivity index (χ1n) is 4.81. The van der Waals surface area contributed by atoms with E-state index in [-0.39, 0.29) is 0 Å². The molecule has 0 amide bonds. The Morgan fingerprint density at radius 2 is 1.00 bits per heavy atom. The molecule has 2 aromatic rings. The Morgan fingerprint density at radius 3 is 1.35 bits per heavy atom. The molecule has 0 unspecified atom stereocenters. The van der Waals surface area contributed by atoms with Crippen LogP contribution in [0.4, 0.5) is 0 Å². The number of halogens is 4. The molecule has 17 heavy (non-hydrogen) atoms. The van der Waals surface area contributed by atoms with Crippen LogP contribution in [-0.4, -0.2) is 0 Å². The molecule has 0 aromatic heterocycles. The summed E-state index contributed by atoms with van der Waals surface area (Å²) in [6, 6.07) is 10.9. The Hall–Kier alpha value is -0.400. The van der Waals surface area contributed by atoms with Gasteiger partial charge >= 0.3 is 0 Å². The van der Waals surface area contributed by atoms with Crippen molar-refractivity contribution in [2.45, 2.75) is 0 Å². The molecule has 0 bridgehead atoms. The standard InChI is InChI=1S/C13H7Cl4/c14-10-3-1-8(6-12(10)16)5-9-2-4-11(15)13(17)7-9/h1-7H. The van der Waals surface area contributed by atoms with E-state index in [4.69, 9.17) is 46.4 Å². The van der Waals surface area contributed by atoms with Crippen LogP contribution in [-0.2, 0) is 0 Å². The Labute approximate surface area is 120 Å². The van der Waals surface area contributed by atoms with Crippen LogP contribution in [0.25, 0.3) is 0 Å². The minimum Gasteiger partial charge on any atom is -0.0827 e. The summed E-state index contributed by atoms with van der Waals surface area (Å²) < 4.78 is 0. The maximum Gasteiger partial charge on any atom is 0.0595 e. The van der Waals surface area contributed by atoms with Gasteiger partial charge in [0.1, 0.15) is 0 Å². The van der Waals surface area contributed by atoms with E-state index in [1.54, 1.807) is 24.3 Å². The molecule has 0 fully saturated rings. The molecule has 0 heterocycles. The minimum absolute atomic E-state index is 0.528. The van der Waals surface area contributed by atoms with Gasteiger partial charge in [0.05, 0.1) is 20.1 Å². The fourth-order valence-corrected chi connectivity index (χ4v) is 2.01. The van der Waals surface area contributed by atoms with Crippen molar-refractivity contribution < 1.29 is 0 Å². The van der Waals surface area contributed by atoms with Gasteiger partial charge in [0.15, 0.2) is 0 Å². The summed E-state index contributed by atoms with van der Waals surface area (Å²) >= 11 is 23.6. The normalized spacial score (nSPS) is 10.6. The molecule has 0 N–H and O–H groups in total. The highest BCUT2D eigenvalue weighted by Gasteiger charge is 2.03. The molecular weight excluding hydrogens is 298 g/mol. The Kier molecular flexibility index (Phi) is 4.22. The molecule has 0 aliphatic carbocycles. The van der Waals surface area contributed by atoms with E-state index in [0.717, 1.165) is 11.1 Å². The highest BCUT2D eigenvalue weighted by molar-refractivity contribution is 6.42. The van der Waals surface area contributed by atoms with Gasteiger partial charge in [0.25, 0.3) is 0 Å². The molecule has 0 atom stereocenters. The van der Waals surface area contributed by atoms with Crippen LogP contribution in [0, 0.1) is 6.42 Å². The summed E-state index contributed by atoms with van der Waals surface area (Å²) in [6.07, 6.45) is 1.95. The molecule has 2 aromatic carbocycles. The van der Waals surface area contributed by atoms with Gasteiger partial charge in [0, 0.05) is 6.42 Å². The fourth-order valence-electron chi connectivity index (χ4n) is 1.40. The van der Waals surface area contributed by atoms with Crippen LogP contribution in [0.2, 0.25) is 20.1 Å². The lowest BCUT2D eigenvalue weighted by Crippen LogP contribution is -1.85. The van der Waals surface area contributed by atoms with Crippen molar-refractivity contribution in [3.63, 3.8) is 0 Å². The van der Waals surface area contributed by atoms with Crippen LogP contribution in [0.1, 0.15) is 11.1 Å². The van der Waals surface area contributed by atoms with Crippen molar-refractivity contribution in [1.82, 2.24) is 0 Å². The van der Waals surface area contributed by atoms with E-state index in [0.29, 0.717) is 20.1 Å². The topological polar surface area (TPSA) is 0 Å². The summed E-state index contributed by atoms with van der Waals surface area (Å²) in [5.41, 5.74) is 1.91. The molecule has 87 valence electrons. The third kappa shape index (κ3) is 3.29. The number of rotatable bonds is 2. The molecule has 0 aliphatic rings. The molecule has 1 radical (unpaired) electrons. The van der Waals surface area contributed by atoms with Crippen molar-refractivity contribution in [3.8, 4) is 0 Å². The third-order valence-electron chi connectivity index (χ3n) is 2.22. The van der Waals surface area contributed by atoms with Gasteiger partial charge in [0.2, 0.25) is 0 Å². The van der Waals surface area contributed by atoms with Crippen molar-refractivity contribution in [2.24, 2.45) is 0 Å². The monoisotopic (exact) mass is 303 g/mol. The average Bonchev–Trinajstić information content (AvgIpc) is 2.29. The molecule has 0 aliphatic heterocycles. The second-order valence-electron chi connectivity index (χ2n) is 3.49. The van der Waals surface area contributed by atoms with Crippen molar-refractivity contribution in [3.05, 3.63) is 74.0 Å². The van der Waals surface area contributed by atoms with E-state index in [2.05, 4.69) is 0 Å². The second-order valence-corrected chi connectivity index (χ2v) is 5.12. The zero-order valence-electron chi connectivity index (χ0n) is 8.55. The minimum atomic E-state index is 0.528. The van der Waals surface area contributed by atoms with E-state index < -0.39 is 0 Å². The Balaban J connectivity index is 2.25. The van der Waals surface area contributed by atoms with Gasteiger partial charge in [-0.25, -0.2) is 0 Å². The van der Waals surface area contributed by atoms with Crippen molar-refractivity contribution in [1.29, 1.82) is 0 Å². The lowest BCUT2D eigenvalue weighted by molar-refractivity contribution is 1.43. The first kappa shape index (κ1) is 13.0. The zero-order chi connectivity index (χ0) is 12.4. The van der Waals surface area contributed by atoms with Gasteiger partial charge in [-0.2, -0.15) is 0 Å². The molecule has 0 spiro atoms. The van der Waals surface area contributed by atoms with Crippen LogP contribution < -0.4 is 0 Å². The molecule has 0 saturated heterocycles. The Morgan fingerprint density at radius 1 is 0.588 bits per heavy atom. The highest BCUT2D eigenvalue weighted by Crippen LogP contribution is 2.27. The predicted octanol–water partition coefficient (Wildman–Crippen LogP) is 5.90. The van der Waals surface area contributed by atoms with E-state index >= 15 is 0 Å². The lowest BCUT2D eigenvalue weighted by atomic mass is 10.1. The molecule has 4 heteroatoms. The van der Waals surface area contributed by atoms with Crippen LogP contribution in [0.3, 0.4) is 0 Å². The quantitative estimate of drug-likeness (QED) is 0.648. The van der Waals surface area contributed by atoms with E-state index in [1.165, 1.54) is 0 Å². The van der Waals surface area contributed by atoms with Crippen LogP contribution in [0.15, 0.2) is 36.4 Å². The van der Waals surface area contributed by atoms with Gasteiger partial charge in [-0.3, -0.25) is 0 Å². The van der Waals surface area contributed by atoms with Crippen LogP contribution in [0.5, 0.6) is 0 Å². The summed E-state index contributed by atoms with van der Waals surface area (Å²) in [7, 11) is 0. The smallest absolute Gasteiger partial charge is 0.0595 e. The van der Waals surface area contributed by atoms with Gasteiger partial charge < -0.3 is 0 Å². The van der Waals surface area contributed by atoms with E-state index in [9.17, 15) is 0 Å². The summed E-state index contributed by atoms with van der Waals surface area (Å²) in [5, 5.41) is 2.14. The number of hydrogen-bond donors (Lipinski definition) is 0. The van der Waals surface area contributed by atoms with Gasteiger partial charge in [-0.15, -0.1) is 0 Å². The van der Waals surface area contributed by atoms with Crippen molar-refractivity contribution >= 4 is 46.4 Å². The molecule has 0 nitrogen and oxygen atoms in total. The summed E-state index contributed by atoms with van der Waals surface area (Å²) in [5.74, 6) is 0. The summed E-state index contributed by atoms with van der Waals surface area (Å²) in [4.78, 5) is 0. The zero-order valence-corrected chi connectivity index (χ0v) is 11.6. The molecule has 0 saturated carbocycles. The maximum atomic E-state index is 5.94. The van der Waals surface area contributed by atoms with Crippen molar-refractivity contribution in [2.75, 3.05) is 0 Å². The number of benzene rings is 2. The lowest BCUT2D eigenvalue weighted by Gasteiger charge is -2.04. The highest BCUT2D eigenvalue weighted by atomic mass is 35.5. The molecule has 2 rings (SSSR count). The summed E-state index contributed by atoms with van der Waals surface area (Å²) in [6.45, 7) is 0. The van der Waals surface area contributed by atoms with Gasteiger partial charge in [-0.1, -0.05) is 58.5 Å². The first-order valence-corrected chi connectivity index (χ1v) is 6.32. The third-order valence-corrected chi connectivity index (χ3v) is 3.70. The maximum absolute atomic E-state index is 5.94. The predicted molar refractivity (Wildman–Crippen MR) is 75.4 cm³/mol. The molecular formula is C13H7Cl4. The number of hydrogen-bond acceptors (Lipinski definition) is 0.